The molecule has 1 rings (SSSR count). The molecule has 0 aromatic heterocycles. The van der Waals surface area contributed by atoms with Crippen LogP contribution < -0.4 is 4.74 Å². The quantitative estimate of drug-likeness (QED) is 0.546. The smallest absolute Gasteiger partial charge is 0.120 e. The van der Waals surface area contributed by atoms with Gasteiger partial charge >= 0.3 is 0 Å². The first-order valence-corrected chi connectivity index (χ1v) is 5.18. The van der Waals surface area contributed by atoms with Crippen LogP contribution in [0.5, 0.6) is 5.75 Å². The molecule has 0 saturated heterocycles. The number of hydrogen-bond acceptors (Lipinski definition) is 1. The highest BCUT2D eigenvalue weighted by molar-refractivity contribution is 6.18. The van der Waals surface area contributed by atoms with E-state index in [1.54, 1.807) is 0 Å². The van der Waals surface area contributed by atoms with E-state index in [0.29, 0.717) is 12.5 Å². The highest BCUT2D eigenvalue weighted by Gasteiger charge is 1.94. The molecule has 1 nitrogen and oxygen atoms in total. The van der Waals surface area contributed by atoms with E-state index in [1.165, 1.54) is 11.1 Å². The first-order valence-electron chi connectivity index (χ1n) is 4.64. The van der Waals surface area contributed by atoms with Crippen molar-refractivity contribution in [1.82, 2.24) is 0 Å². The van der Waals surface area contributed by atoms with Crippen molar-refractivity contribution >= 4 is 11.6 Å². The monoisotopic (exact) mass is 210 g/mol. The Balaban J connectivity index is 2.54. The molecule has 0 aliphatic rings. The Morgan fingerprint density at radius 1 is 1.14 bits per heavy atom. The molecule has 0 aliphatic heterocycles. The van der Waals surface area contributed by atoms with Gasteiger partial charge in [0, 0.05) is 5.88 Å². The Kier molecular flexibility index (Phi) is 4.54. The van der Waals surface area contributed by atoms with Gasteiger partial charge in [-0.3, -0.25) is 0 Å². The molecule has 0 unspecified atom stereocenters. The van der Waals surface area contributed by atoms with Gasteiger partial charge in [-0.1, -0.05) is 18.2 Å². The van der Waals surface area contributed by atoms with Gasteiger partial charge in [0.05, 0.1) is 0 Å². The Bertz CT molecular complexity index is 298. The Hall–Kier alpha value is -0.950. The maximum atomic E-state index is 5.52. The van der Waals surface area contributed by atoms with Crippen LogP contribution in [-0.2, 0) is 0 Å². The van der Waals surface area contributed by atoms with E-state index in [2.05, 4.69) is 19.9 Å². The lowest BCUT2D eigenvalue weighted by atomic mass is 10.1. The maximum Gasteiger partial charge on any atom is 0.120 e. The van der Waals surface area contributed by atoms with Gasteiger partial charge in [-0.15, -0.1) is 11.6 Å². The van der Waals surface area contributed by atoms with Crippen LogP contribution in [0.1, 0.15) is 11.1 Å². The van der Waals surface area contributed by atoms with Crippen molar-refractivity contribution in [2.75, 3.05) is 12.5 Å². The van der Waals surface area contributed by atoms with E-state index < -0.39 is 0 Å². The van der Waals surface area contributed by atoms with Crippen molar-refractivity contribution < 1.29 is 4.74 Å². The van der Waals surface area contributed by atoms with E-state index >= 15 is 0 Å². The standard InChI is InChI=1S/C12H15ClO/c1-10-7-11(2)9-12(8-10)14-6-4-3-5-13/h3-4,7-9H,5-6H2,1-2H3/b4-3-. The fraction of sp³-hybridized carbons (Fsp3) is 0.333. The van der Waals surface area contributed by atoms with Gasteiger partial charge < -0.3 is 4.74 Å². The SMILES string of the molecule is Cc1cc(C)cc(OC/C=C\CCl)c1. The zero-order chi connectivity index (χ0) is 10.4. The molecule has 0 bridgehead atoms. The lowest BCUT2D eigenvalue weighted by Gasteiger charge is -2.05. The van der Waals surface area contributed by atoms with Crippen LogP contribution in [0.25, 0.3) is 0 Å². The van der Waals surface area contributed by atoms with Crippen LogP contribution in [0.2, 0.25) is 0 Å². The summed E-state index contributed by atoms with van der Waals surface area (Å²) < 4.78 is 5.52. The van der Waals surface area contributed by atoms with Crippen molar-refractivity contribution in [2.45, 2.75) is 13.8 Å². The number of aryl methyl sites for hydroxylation is 2. The Morgan fingerprint density at radius 3 is 2.36 bits per heavy atom. The first kappa shape index (κ1) is 11.1. The van der Waals surface area contributed by atoms with Crippen LogP contribution in [0, 0.1) is 13.8 Å². The van der Waals surface area contributed by atoms with Gasteiger partial charge in [0.1, 0.15) is 12.4 Å². The fourth-order valence-corrected chi connectivity index (χ4v) is 1.42. The molecular weight excluding hydrogens is 196 g/mol. The summed E-state index contributed by atoms with van der Waals surface area (Å²) in [6, 6.07) is 6.19. The van der Waals surface area contributed by atoms with Crippen molar-refractivity contribution in [3.05, 3.63) is 41.5 Å². The number of halogens is 1. The second-order valence-corrected chi connectivity index (χ2v) is 3.57. The summed E-state index contributed by atoms with van der Waals surface area (Å²) in [5.74, 6) is 1.46. The molecular formula is C12H15ClO. The molecule has 0 spiro atoms. The molecule has 0 amide bonds. The van der Waals surface area contributed by atoms with Crippen LogP contribution in [0.4, 0.5) is 0 Å². The molecule has 2 heteroatoms. The summed E-state index contributed by atoms with van der Waals surface area (Å²) in [4.78, 5) is 0. The van der Waals surface area contributed by atoms with E-state index in [0.717, 1.165) is 5.75 Å². The average molecular weight is 211 g/mol. The predicted molar refractivity (Wildman–Crippen MR) is 61.3 cm³/mol. The summed E-state index contributed by atoms with van der Waals surface area (Å²) in [7, 11) is 0. The van der Waals surface area contributed by atoms with Gasteiger partial charge in [-0.25, -0.2) is 0 Å². The second kappa shape index (κ2) is 5.71. The largest absolute Gasteiger partial charge is 0.490 e. The molecule has 0 fully saturated rings. The molecule has 0 N–H and O–H groups in total. The number of ether oxygens (including phenoxy) is 1. The summed E-state index contributed by atoms with van der Waals surface area (Å²) in [6.07, 6.45) is 3.80. The molecule has 0 atom stereocenters. The third-order valence-electron chi connectivity index (χ3n) is 1.80. The molecule has 0 aliphatic carbocycles. The van der Waals surface area contributed by atoms with Crippen LogP contribution in [0.3, 0.4) is 0 Å². The Morgan fingerprint density at radius 2 is 1.79 bits per heavy atom. The third-order valence-corrected chi connectivity index (χ3v) is 1.98. The van der Waals surface area contributed by atoms with E-state index in [4.69, 9.17) is 16.3 Å². The number of allylic oxidation sites excluding steroid dienone is 1. The van der Waals surface area contributed by atoms with Crippen molar-refractivity contribution in [3.63, 3.8) is 0 Å². The van der Waals surface area contributed by atoms with Crippen molar-refractivity contribution in [3.8, 4) is 5.75 Å². The van der Waals surface area contributed by atoms with Gasteiger partial charge in [-0.05, 0) is 37.1 Å². The molecule has 14 heavy (non-hydrogen) atoms. The van der Waals surface area contributed by atoms with Crippen LogP contribution in [0.15, 0.2) is 30.4 Å². The van der Waals surface area contributed by atoms with Gasteiger partial charge in [0.15, 0.2) is 0 Å². The second-order valence-electron chi connectivity index (χ2n) is 3.26. The number of benzene rings is 1. The lowest BCUT2D eigenvalue weighted by Crippen LogP contribution is -1.94. The topological polar surface area (TPSA) is 9.23 Å². The molecule has 0 heterocycles. The van der Waals surface area contributed by atoms with Crippen LogP contribution in [-0.4, -0.2) is 12.5 Å². The molecule has 0 saturated carbocycles. The lowest BCUT2D eigenvalue weighted by molar-refractivity contribution is 0.362. The number of alkyl halides is 1. The molecule has 76 valence electrons. The average Bonchev–Trinajstić information content (AvgIpc) is 2.11. The molecule has 0 radical (unpaired) electrons. The minimum atomic E-state index is 0.538. The van der Waals surface area contributed by atoms with Gasteiger partial charge in [-0.2, -0.15) is 0 Å². The summed E-state index contributed by atoms with van der Waals surface area (Å²) in [6.45, 7) is 4.71. The highest BCUT2D eigenvalue weighted by Crippen LogP contribution is 2.15. The number of hydrogen-bond donors (Lipinski definition) is 0. The fourth-order valence-electron chi connectivity index (χ4n) is 1.29. The summed E-state index contributed by atoms with van der Waals surface area (Å²) in [5, 5.41) is 0. The maximum absolute atomic E-state index is 5.52. The zero-order valence-electron chi connectivity index (χ0n) is 8.59. The van der Waals surface area contributed by atoms with Crippen LogP contribution >= 0.6 is 11.6 Å². The van der Waals surface area contributed by atoms with Crippen molar-refractivity contribution in [1.29, 1.82) is 0 Å². The van der Waals surface area contributed by atoms with E-state index in [1.807, 2.05) is 24.3 Å². The minimum Gasteiger partial charge on any atom is -0.490 e. The molecule has 1 aromatic rings. The normalized spacial score (nSPS) is 10.8. The summed E-state index contributed by atoms with van der Waals surface area (Å²) in [5.41, 5.74) is 2.45. The predicted octanol–water partition coefficient (Wildman–Crippen LogP) is 3.48. The highest BCUT2D eigenvalue weighted by atomic mass is 35.5. The number of rotatable bonds is 4. The Labute approximate surface area is 90.3 Å². The minimum absolute atomic E-state index is 0.538. The third kappa shape index (κ3) is 3.84. The zero-order valence-corrected chi connectivity index (χ0v) is 9.34. The van der Waals surface area contributed by atoms with Gasteiger partial charge in [0.2, 0.25) is 0 Å². The molecule has 1 aromatic carbocycles. The van der Waals surface area contributed by atoms with Gasteiger partial charge in [0.25, 0.3) is 0 Å². The van der Waals surface area contributed by atoms with E-state index in [9.17, 15) is 0 Å². The first-order chi connectivity index (χ1) is 6.72. The van der Waals surface area contributed by atoms with E-state index in [-0.39, 0.29) is 0 Å². The van der Waals surface area contributed by atoms with Crippen molar-refractivity contribution in [2.24, 2.45) is 0 Å². The summed E-state index contributed by atoms with van der Waals surface area (Å²) >= 11 is 5.49.